The fourth-order valence-electron chi connectivity index (χ4n) is 2.36. The van der Waals surface area contributed by atoms with Crippen molar-refractivity contribution in [2.75, 3.05) is 18.0 Å². The van der Waals surface area contributed by atoms with Crippen LogP contribution in [0.5, 0.6) is 0 Å². The molecule has 2 nitrogen and oxygen atoms in total. The van der Waals surface area contributed by atoms with E-state index in [4.69, 9.17) is 0 Å². The molecule has 0 N–H and O–H groups in total. The second kappa shape index (κ2) is 5.07. The van der Waals surface area contributed by atoms with E-state index in [-0.39, 0.29) is 5.41 Å². The molecule has 0 unspecified atom stereocenters. The third-order valence-electron chi connectivity index (χ3n) is 3.54. The number of hydrogen-bond donors (Lipinski definition) is 0. The van der Waals surface area contributed by atoms with Crippen molar-refractivity contribution in [3.05, 3.63) is 23.9 Å². The number of hydrogen-bond acceptors (Lipinski definition) is 2. The summed E-state index contributed by atoms with van der Waals surface area (Å²) >= 11 is 0. The zero-order valence-corrected chi connectivity index (χ0v) is 11.4. The molecule has 94 valence electrons. The summed E-state index contributed by atoms with van der Waals surface area (Å²) in [5, 5.41) is 0. The molecule has 0 aliphatic carbocycles. The molecule has 17 heavy (non-hydrogen) atoms. The van der Waals surface area contributed by atoms with Gasteiger partial charge in [-0.05, 0) is 36.0 Å². The molecule has 1 aromatic heterocycles. The lowest BCUT2D eigenvalue weighted by Gasteiger charge is -2.25. The van der Waals surface area contributed by atoms with E-state index in [2.05, 4.69) is 42.8 Å². The van der Waals surface area contributed by atoms with Crippen molar-refractivity contribution >= 4 is 5.82 Å². The molecule has 0 bridgehead atoms. The minimum absolute atomic E-state index is 0.212. The van der Waals surface area contributed by atoms with Crippen molar-refractivity contribution in [3.63, 3.8) is 0 Å². The van der Waals surface area contributed by atoms with Gasteiger partial charge < -0.3 is 4.90 Å². The van der Waals surface area contributed by atoms with Crippen molar-refractivity contribution in [3.8, 4) is 0 Å². The summed E-state index contributed by atoms with van der Waals surface area (Å²) < 4.78 is 0. The van der Waals surface area contributed by atoms with Gasteiger partial charge in [0.25, 0.3) is 0 Å². The van der Waals surface area contributed by atoms with Crippen molar-refractivity contribution < 1.29 is 0 Å². The van der Waals surface area contributed by atoms with Crippen LogP contribution in [0.1, 0.15) is 52.0 Å². The number of pyridine rings is 1. The minimum atomic E-state index is 0.212. The summed E-state index contributed by atoms with van der Waals surface area (Å²) in [6.45, 7) is 9.11. The molecular formula is C15H24N2. The summed E-state index contributed by atoms with van der Waals surface area (Å²) in [6.07, 6.45) is 7.31. The van der Waals surface area contributed by atoms with E-state index in [9.17, 15) is 0 Å². The SMILES string of the molecule is CC(C)(C)c1ccnc(N2CCCCCC2)c1. The molecule has 0 saturated carbocycles. The van der Waals surface area contributed by atoms with Gasteiger partial charge in [-0.1, -0.05) is 33.6 Å². The minimum Gasteiger partial charge on any atom is -0.357 e. The van der Waals surface area contributed by atoms with Crippen LogP contribution in [0.3, 0.4) is 0 Å². The summed E-state index contributed by atoms with van der Waals surface area (Å²) in [6, 6.07) is 4.41. The van der Waals surface area contributed by atoms with Crippen LogP contribution in [0.4, 0.5) is 5.82 Å². The molecule has 0 aromatic carbocycles. The summed E-state index contributed by atoms with van der Waals surface area (Å²) in [4.78, 5) is 6.99. The predicted octanol–water partition coefficient (Wildman–Crippen LogP) is 3.76. The molecule has 1 aliphatic rings. The fourth-order valence-corrected chi connectivity index (χ4v) is 2.36. The van der Waals surface area contributed by atoms with Crippen LogP contribution < -0.4 is 4.90 Å². The molecule has 0 spiro atoms. The molecule has 1 aromatic rings. The quantitative estimate of drug-likeness (QED) is 0.733. The Morgan fingerprint density at radius 3 is 2.29 bits per heavy atom. The Bertz CT molecular complexity index is 357. The second-order valence-electron chi connectivity index (χ2n) is 6.05. The average Bonchev–Trinajstić information content (AvgIpc) is 2.56. The lowest BCUT2D eigenvalue weighted by atomic mass is 9.88. The zero-order valence-electron chi connectivity index (χ0n) is 11.4. The molecule has 1 saturated heterocycles. The van der Waals surface area contributed by atoms with Crippen LogP contribution in [0.15, 0.2) is 18.3 Å². The maximum atomic E-state index is 4.54. The first-order valence-electron chi connectivity index (χ1n) is 6.79. The van der Waals surface area contributed by atoms with Gasteiger partial charge in [0.1, 0.15) is 5.82 Å². The van der Waals surface area contributed by atoms with E-state index < -0.39 is 0 Å². The molecular weight excluding hydrogens is 208 g/mol. The van der Waals surface area contributed by atoms with Gasteiger partial charge in [0, 0.05) is 19.3 Å². The van der Waals surface area contributed by atoms with E-state index >= 15 is 0 Å². The van der Waals surface area contributed by atoms with E-state index in [1.807, 2.05) is 6.20 Å². The van der Waals surface area contributed by atoms with Gasteiger partial charge in [-0.15, -0.1) is 0 Å². The molecule has 2 heterocycles. The topological polar surface area (TPSA) is 16.1 Å². The van der Waals surface area contributed by atoms with Gasteiger partial charge in [0.2, 0.25) is 0 Å². The highest BCUT2D eigenvalue weighted by Crippen LogP contribution is 2.25. The summed E-state index contributed by atoms with van der Waals surface area (Å²) in [5.74, 6) is 1.17. The van der Waals surface area contributed by atoms with Crippen LogP contribution >= 0.6 is 0 Å². The van der Waals surface area contributed by atoms with Crippen LogP contribution in [0, 0.1) is 0 Å². The van der Waals surface area contributed by atoms with E-state index in [0.29, 0.717) is 0 Å². The van der Waals surface area contributed by atoms with Crippen molar-refractivity contribution in [2.24, 2.45) is 0 Å². The molecule has 0 amide bonds. The maximum absolute atomic E-state index is 4.54. The third kappa shape index (κ3) is 3.21. The number of aromatic nitrogens is 1. The Kier molecular flexibility index (Phi) is 3.70. The smallest absolute Gasteiger partial charge is 0.128 e. The molecule has 2 rings (SSSR count). The Labute approximate surface area is 105 Å². The molecule has 0 radical (unpaired) electrons. The lowest BCUT2D eigenvalue weighted by Crippen LogP contribution is -2.25. The first-order chi connectivity index (χ1) is 8.07. The highest BCUT2D eigenvalue weighted by atomic mass is 15.2. The normalized spacial score (nSPS) is 17.9. The summed E-state index contributed by atoms with van der Waals surface area (Å²) in [7, 11) is 0. The van der Waals surface area contributed by atoms with Gasteiger partial charge in [0.05, 0.1) is 0 Å². The predicted molar refractivity (Wildman–Crippen MR) is 73.6 cm³/mol. The third-order valence-corrected chi connectivity index (χ3v) is 3.54. The Morgan fingerprint density at radius 2 is 1.71 bits per heavy atom. The van der Waals surface area contributed by atoms with Gasteiger partial charge in [-0.3, -0.25) is 0 Å². The monoisotopic (exact) mass is 232 g/mol. The Balaban J connectivity index is 2.20. The number of rotatable bonds is 1. The number of nitrogens with zero attached hydrogens (tertiary/aromatic N) is 2. The average molecular weight is 232 g/mol. The van der Waals surface area contributed by atoms with Crippen molar-refractivity contribution in [1.82, 2.24) is 4.98 Å². The Hall–Kier alpha value is -1.05. The summed E-state index contributed by atoms with van der Waals surface area (Å²) in [5.41, 5.74) is 1.59. The zero-order chi connectivity index (χ0) is 12.3. The highest BCUT2D eigenvalue weighted by molar-refractivity contribution is 5.42. The fraction of sp³-hybridized carbons (Fsp3) is 0.667. The standard InChI is InChI=1S/C15H24N2/c1-15(2,3)13-8-9-16-14(12-13)17-10-6-4-5-7-11-17/h8-9,12H,4-7,10-11H2,1-3H3. The van der Waals surface area contributed by atoms with Gasteiger partial charge in [-0.25, -0.2) is 4.98 Å². The first-order valence-corrected chi connectivity index (χ1v) is 6.79. The molecule has 0 atom stereocenters. The van der Waals surface area contributed by atoms with Gasteiger partial charge in [0.15, 0.2) is 0 Å². The Morgan fingerprint density at radius 1 is 1.06 bits per heavy atom. The highest BCUT2D eigenvalue weighted by Gasteiger charge is 2.16. The van der Waals surface area contributed by atoms with E-state index in [0.717, 1.165) is 0 Å². The van der Waals surface area contributed by atoms with Gasteiger partial charge >= 0.3 is 0 Å². The van der Waals surface area contributed by atoms with Crippen LogP contribution in [0.2, 0.25) is 0 Å². The van der Waals surface area contributed by atoms with E-state index in [1.165, 1.54) is 50.2 Å². The van der Waals surface area contributed by atoms with Crippen LogP contribution in [-0.2, 0) is 5.41 Å². The maximum Gasteiger partial charge on any atom is 0.128 e. The van der Waals surface area contributed by atoms with Crippen LogP contribution in [0.25, 0.3) is 0 Å². The molecule has 1 aliphatic heterocycles. The number of anilines is 1. The van der Waals surface area contributed by atoms with Crippen molar-refractivity contribution in [1.29, 1.82) is 0 Å². The van der Waals surface area contributed by atoms with Crippen LogP contribution in [-0.4, -0.2) is 18.1 Å². The largest absolute Gasteiger partial charge is 0.357 e. The first kappa shape index (κ1) is 12.4. The molecule has 2 heteroatoms. The van der Waals surface area contributed by atoms with Gasteiger partial charge in [-0.2, -0.15) is 0 Å². The second-order valence-corrected chi connectivity index (χ2v) is 6.05. The van der Waals surface area contributed by atoms with E-state index in [1.54, 1.807) is 0 Å². The lowest BCUT2D eigenvalue weighted by molar-refractivity contribution is 0.588. The van der Waals surface area contributed by atoms with Crippen molar-refractivity contribution in [2.45, 2.75) is 51.9 Å². The molecule has 1 fully saturated rings.